The summed E-state index contributed by atoms with van der Waals surface area (Å²) in [5, 5.41) is 0. The number of hydrogen-bond donors (Lipinski definition) is 0. The average molecular weight is 281 g/mol. The molecule has 0 saturated carbocycles. The summed E-state index contributed by atoms with van der Waals surface area (Å²) in [7, 11) is 0. The second-order valence-corrected chi connectivity index (χ2v) is 5.46. The summed E-state index contributed by atoms with van der Waals surface area (Å²) in [6.45, 7) is 2.10. The first-order valence-corrected chi connectivity index (χ1v) is 7.01. The normalized spacial score (nSPS) is 24.9. The number of cyclic esters (lactones) is 1. The van der Waals surface area contributed by atoms with Crippen LogP contribution < -0.4 is 0 Å². The van der Waals surface area contributed by atoms with Crippen LogP contribution in [0.25, 0.3) is 0 Å². The number of rotatable bonds is 2. The van der Waals surface area contributed by atoms with Gasteiger partial charge in [-0.3, -0.25) is 9.69 Å². The Morgan fingerprint density at radius 1 is 1.10 bits per heavy atom. The van der Waals surface area contributed by atoms with Crippen LogP contribution in [0.5, 0.6) is 0 Å². The zero-order valence-electron chi connectivity index (χ0n) is 11.1. The van der Waals surface area contributed by atoms with E-state index in [1.165, 1.54) is 12.1 Å². The van der Waals surface area contributed by atoms with Gasteiger partial charge in [0.05, 0.1) is 6.61 Å². The molecule has 0 radical (unpaired) electrons. The number of nitrogens with zero attached hydrogens (tertiary/aromatic N) is 1. The number of hydrogen-bond acceptors (Lipinski definition) is 3. The maximum absolute atomic E-state index is 13.3. The van der Waals surface area contributed by atoms with Crippen LogP contribution in [0.4, 0.5) is 8.78 Å². The molecule has 2 fully saturated rings. The summed E-state index contributed by atoms with van der Waals surface area (Å²) in [4.78, 5) is 13.7. The summed E-state index contributed by atoms with van der Waals surface area (Å²) in [6, 6.07) is 4.02. The summed E-state index contributed by atoms with van der Waals surface area (Å²) < 4.78 is 31.2. The Hall–Kier alpha value is -1.49. The van der Waals surface area contributed by atoms with Crippen LogP contribution in [0.1, 0.15) is 30.7 Å². The van der Waals surface area contributed by atoms with Crippen molar-refractivity contribution in [1.82, 2.24) is 4.90 Å². The molecule has 1 atom stereocenters. The Kier molecular flexibility index (Phi) is 3.70. The second-order valence-electron chi connectivity index (χ2n) is 5.46. The third-order valence-electron chi connectivity index (χ3n) is 4.29. The molecule has 2 saturated heterocycles. The maximum Gasteiger partial charge on any atom is 0.323 e. The van der Waals surface area contributed by atoms with Crippen LogP contribution >= 0.6 is 0 Å². The number of carbonyl (C=O) groups is 1. The number of piperidine rings is 1. The Labute approximate surface area is 116 Å². The van der Waals surface area contributed by atoms with E-state index in [9.17, 15) is 13.6 Å². The molecule has 0 N–H and O–H groups in total. The van der Waals surface area contributed by atoms with E-state index in [0.29, 0.717) is 6.61 Å². The Bertz CT molecular complexity index is 513. The largest absolute Gasteiger partial charge is 0.464 e. The molecule has 0 bridgehead atoms. The van der Waals surface area contributed by atoms with E-state index in [2.05, 4.69) is 4.90 Å². The molecule has 2 aliphatic rings. The monoisotopic (exact) mass is 281 g/mol. The molecule has 2 aliphatic heterocycles. The SMILES string of the molecule is O=C1OCC[C@H]1N1CCC(c2ccc(F)c(F)c2)CC1. The van der Waals surface area contributed by atoms with Gasteiger partial charge in [-0.15, -0.1) is 0 Å². The van der Waals surface area contributed by atoms with Crippen LogP contribution in [0.3, 0.4) is 0 Å². The van der Waals surface area contributed by atoms with E-state index in [1.807, 2.05) is 0 Å². The highest BCUT2D eigenvalue weighted by molar-refractivity contribution is 5.77. The van der Waals surface area contributed by atoms with Gasteiger partial charge in [0, 0.05) is 6.42 Å². The Morgan fingerprint density at radius 3 is 2.45 bits per heavy atom. The lowest BCUT2D eigenvalue weighted by Gasteiger charge is -2.34. The first-order chi connectivity index (χ1) is 9.65. The summed E-state index contributed by atoms with van der Waals surface area (Å²) in [6.07, 6.45) is 2.47. The summed E-state index contributed by atoms with van der Waals surface area (Å²) >= 11 is 0. The van der Waals surface area contributed by atoms with Crippen molar-refractivity contribution in [3.05, 3.63) is 35.4 Å². The minimum Gasteiger partial charge on any atom is -0.464 e. The molecule has 2 heterocycles. The van der Waals surface area contributed by atoms with Crippen LogP contribution in [-0.4, -0.2) is 36.6 Å². The maximum atomic E-state index is 13.3. The van der Waals surface area contributed by atoms with Gasteiger partial charge < -0.3 is 4.74 Å². The number of halogens is 2. The van der Waals surface area contributed by atoms with E-state index in [4.69, 9.17) is 4.74 Å². The van der Waals surface area contributed by atoms with Crippen molar-refractivity contribution in [2.45, 2.75) is 31.2 Å². The summed E-state index contributed by atoms with van der Waals surface area (Å²) in [5.74, 6) is -1.49. The molecule has 0 unspecified atom stereocenters. The third kappa shape index (κ3) is 2.54. The molecule has 0 aromatic heterocycles. The predicted octanol–water partition coefficient (Wildman–Crippen LogP) is 2.46. The first kappa shape index (κ1) is 13.5. The van der Waals surface area contributed by atoms with Crippen molar-refractivity contribution >= 4 is 5.97 Å². The molecule has 1 aromatic carbocycles. The number of esters is 1. The first-order valence-electron chi connectivity index (χ1n) is 7.01. The van der Waals surface area contributed by atoms with Crippen molar-refractivity contribution in [3.8, 4) is 0 Å². The number of benzene rings is 1. The standard InChI is InChI=1S/C15H17F2NO2/c16-12-2-1-11(9-13(12)17)10-3-6-18(7-4-10)14-5-8-20-15(14)19/h1-2,9-10,14H,3-8H2/t14-/m1/s1. The topological polar surface area (TPSA) is 29.5 Å². The van der Waals surface area contributed by atoms with Gasteiger partial charge in [0.1, 0.15) is 6.04 Å². The third-order valence-corrected chi connectivity index (χ3v) is 4.29. The molecule has 108 valence electrons. The molecular formula is C15H17F2NO2. The van der Waals surface area contributed by atoms with Gasteiger partial charge in [-0.1, -0.05) is 6.07 Å². The lowest BCUT2D eigenvalue weighted by molar-refractivity contribution is -0.142. The molecular weight excluding hydrogens is 264 g/mol. The second kappa shape index (κ2) is 5.48. The smallest absolute Gasteiger partial charge is 0.323 e. The molecule has 0 amide bonds. The molecule has 5 heteroatoms. The number of ether oxygens (including phenoxy) is 1. The lowest BCUT2D eigenvalue weighted by atomic mass is 9.88. The molecule has 3 rings (SSSR count). The minimum absolute atomic E-state index is 0.110. The Balaban J connectivity index is 1.63. The van der Waals surface area contributed by atoms with Crippen LogP contribution in [0.15, 0.2) is 18.2 Å². The Morgan fingerprint density at radius 2 is 1.85 bits per heavy atom. The van der Waals surface area contributed by atoms with Crippen LogP contribution in [-0.2, 0) is 9.53 Å². The quantitative estimate of drug-likeness (QED) is 0.780. The molecule has 0 aliphatic carbocycles. The zero-order valence-corrected chi connectivity index (χ0v) is 11.1. The van der Waals surface area contributed by atoms with Crippen molar-refractivity contribution < 1.29 is 18.3 Å². The van der Waals surface area contributed by atoms with Crippen molar-refractivity contribution in [2.75, 3.05) is 19.7 Å². The van der Waals surface area contributed by atoms with Crippen LogP contribution in [0, 0.1) is 11.6 Å². The fourth-order valence-electron chi connectivity index (χ4n) is 3.13. The van der Waals surface area contributed by atoms with Crippen molar-refractivity contribution in [1.29, 1.82) is 0 Å². The van der Waals surface area contributed by atoms with Gasteiger partial charge in [0.15, 0.2) is 11.6 Å². The van der Waals surface area contributed by atoms with Gasteiger partial charge in [0.2, 0.25) is 0 Å². The van der Waals surface area contributed by atoms with Crippen molar-refractivity contribution in [2.24, 2.45) is 0 Å². The molecule has 0 spiro atoms. The van der Waals surface area contributed by atoms with Crippen molar-refractivity contribution in [3.63, 3.8) is 0 Å². The molecule has 1 aromatic rings. The highest BCUT2D eigenvalue weighted by atomic mass is 19.2. The summed E-state index contributed by atoms with van der Waals surface area (Å²) in [5.41, 5.74) is 0.845. The van der Waals surface area contributed by atoms with E-state index in [0.717, 1.165) is 37.9 Å². The van der Waals surface area contributed by atoms with Gasteiger partial charge in [-0.25, -0.2) is 8.78 Å². The highest BCUT2D eigenvalue weighted by Gasteiger charge is 2.34. The molecule has 3 nitrogen and oxygen atoms in total. The van der Waals surface area contributed by atoms with E-state index >= 15 is 0 Å². The van der Waals surface area contributed by atoms with Gasteiger partial charge in [-0.2, -0.15) is 0 Å². The molecule has 20 heavy (non-hydrogen) atoms. The van der Waals surface area contributed by atoms with Gasteiger partial charge >= 0.3 is 5.97 Å². The average Bonchev–Trinajstić information content (AvgIpc) is 2.88. The van der Waals surface area contributed by atoms with E-state index in [-0.39, 0.29) is 17.9 Å². The van der Waals surface area contributed by atoms with Crippen LogP contribution in [0.2, 0.25) is 0 Å². The predicted molar refractivity (Wildman–Crippen MR) is 69.3 cm³/mol. The lowest BCUT2D eigenvalue weighted by Crippen LogP contribution is -2.43. The fourth-order valence-corrected chi connectivity index (χ4v) is 3.13. The number of carbonyl (C=O) groups excluding carboxylic acids is 1. The highest BCUT2D eigenvalue weighted by Crippen LogP contribution is 2.30. The van der Waals surface area contributed by atoms with Gasteiger partial charge in [0.25, 0.3) is 0 Å². The fraction of sp³-hybridized carbons (Fsp3) is 0.533. The number of likely N-dealkylation sites (tertiary alicyclic amines) is 1. The van der Waals surface area contributed by atoms with E-state index < -0.39 is 11.6 Å². The minimum atomic E-state index is -0.806. The van der Waals surface area contributed by atoms with Gasteiger partial charge in [-0.05, 0) is 49.5 Å². The zero-order chi connectivity index (χ0) is 14.1. The van der Waals surface area contributed by atoms with E-state index in [1.54, 1.807) is 6.07 Å².